The largest absolute Gasteiger partial charge is 0.324 e. The molecule has 0 spiro atoms. The molecule has 2 aromatic heterocycles. The van der Waals surface area contributed by atoms with E-state index in [2.05, 4.69) is 15.3 Å². The average Bonchev–Trinajstić information content (AvgIpc) is 2.46. The lowest BCUT2D eigenvalue weighted by Gasteiger charge is -2.18. The van der Waals surface area contributed by atoms with Crippen molar-refractivity contribution in [3.8, 4) is 0 Å². The van der Waals surface area contributed by atoms with Gasteiger partial charge in [-0.05, 0) is 18.1 Å². The fourth-order valence-corrected chi connectivity index (χ4v) is 1.83. The van der Waals surface area contributed by atoms with Gasteiger partial charge in [0.25, 0.3) is 0 Å². The van der Waals surface area contributed by atoms with Gasteiger partial charge < -0.3 is 11.1 Å². The maximum atomic E-state index is 12.1. The molecule has 3 N–H and O–H groups in total. The molecule has 2 aromatic rings. The SMILES string of the molecule is CCC(C)C(N)C(=O)Nc1ccnc2ccncc12.Cl.Cl. The van der Waals surface area contributed by atoms with Gasteiger partial charge in [-0.15, -0.1) is 24.8 Å². The standard InChI is InChI=1S/C14H18N4O.2ClH/c1-3-9(2)13(15)14(19)18-12-5-7-17-11-4-6-16-8-10(11)12;;/h4-9,13H,3,15H2,1-2H3,(H,17,18,19);2*1H. The van der Waals surface area contributed by atoms with Crippen molar-refractivity contribution in [1.29, 1.82) is 0 Å². The molecule has 0 aliphatic heterocycles. The molecular weight excluding hydrogens is 311 g/mol. The Labute approximate surface area is 136 Å². The Morgan fingerprint density at radius 2 is 2.05 bits per heavy atom. The number of aromatic nitrogens is 2. The first-order valence-corrected chi connectivity index (χ1v) is 6.38. The molecule has 0 aromatic carbocycles. The normalized spacial score (nSPS) is 12.7. The number of carbonyl (C=O) groups is 1. The molecule has 0 saturated carbocycles. The molecule has 21 heavy (non-hydrogen) atoms. The van der Waals surface area contributed by atoms with Crippen LogP contribution < -0.4 is 11.1 Å². The lowest BCUT2D eigenvalue weighted by Crippen LogP contribution is -2.40. The number of amides is 1. The number of carbonyl (C=O) groups excluding carboxylic acids is 1. The molecule has 0 radical (unpaired) electrons. The smallest absolute Gasteiger partial charge is 0.241 e. The van der Waals surface area contributed by atoms with Crippen molar-refractivity contribution in [3.63, 3.8) is 0 Å². The van der Waals surface area contributed by atoms with Crippen LogP contribution in [0.15, 0.2) is 30.7 Å². The zero-order chi connectivity index (χ0) is 13.8. The van der Waals surface area contributed by atoms with Crippen molar-refractivity contribution in [2.24, 2.45) is 11.7 Å². The van der Waals surface area contributed by atoms with Crippen molar-refractivity contribution in [3.05, 3.63) is 30.7 Å². The lowest BCUT2D eigenvalue weighted by molar-refractivity contribution is -0.118. The Hall–Kier alpha value is -1.43. The number of fused-ring (bicyclic) bond motifs is 1. The second kappa shape index (κ2) is 8.77. The second-order valence-electron chi connectivity index (χ2n) is 4.65. The molecule has 7 heteroatoms. The van der Waals surface area contributed by atoms with Crippen LogP contribution in [0.2, 0.25) is 0 Å². The lowest BCUT2D eigenvalue weighted by atomic mass is 9.99. The van der Waals surface area contributed by atoms with Gasteiger partial charge in [-0.2, -0.15) is 0 Å². The number of pyridine rings is 2. The van der Waals surface area contributed by atoms with E-state index in [1.807, 2.05) is 13.8 Å². The maximum absolute atomic E-state index is 12.1. The maximum Gasteiger partial charge on any atom is 0.241 e. The van der Waals surface area contributed by atoms with Gasteiger partial charge in [-0.1, -0.05) is 20.3 Å². The van der Waals surface area contributed by atoms with Crippen molar-refractivity contribution in [1.82, 2.24) is 9.97 Å². The van der Waals surface area contributed by atoms with E-state index in [1.165, 1.54) is 0 Å². The topological polar surface area (TPSA) is 80.9 Å². The minimum Gasteiger partial charge on any atom is -0.324 e. The highest BCUT2D eigenvalue weighted by Gasteiger charge is 2.20. The highest BCUT2D eigenvalue weighted by atomic mass is 35.5. The summed E-state index contributed by atoms with van der Waals surface area (Å²) in [5, 5.41) is 3.67. The van der Waals surface area contributed by atoms with Gasteiger partial charge in [0.1, 0.15) is 0 Å². The Kier molecular flexibility index (Phi) is 8.17. The molecule has 2 heterocycles. The van der Waals surface area contributed by atoms with Gasteiger partial charge in [0.2, 0.25) is 5.91 Å². The highest BCUT2D eigenvalue weighted by molar-refractivity contribution is 6.02. The zero-order valence-corrected chi connectivity index (χ0v) is 13.6. The Morgan fingerprint density at radius 1 is 1.33 bits per heavy atom. The first-order valence-electron chi connectivity index (χ1n) is 6.38. The van der Waals surface area contributed by atoms with Crippen LogP contribution in [0.5, 0.6) is 0 Å². The van der Waals surface area contributed by atoms with E-state index in [0.29, 0.717) is 5.69 Å². The van der Waals surface area contributed by atoms with Crippen LogP contribution in [0.3, 0.4) is 0 Å². The molecule has 2 rings (SSSR count). The van der Waals surface area contributed by atoms with E-state index in [-0.39, 0.29) is 36.6 Å². The highest BCUT2D eigenvalue weighted by Crippen LogP contribution is 2.20. The predicted octanol–water partition coefficient (Wildman–Crippen LogP) is 2.79. The zero-order valence-electron chi connectivity index (χ0n) is 11.9. The summed E-state index contributed by atoms with van der Waals surface area (Å²) in [5.41, 5.74) is 7.41. The van der Waals surface area contributed by atoms with Gasteiger partial charge in [-0.3, -0.25) is 14.8 Å². The number of hydrogen-bond donors (Lipinski definition) is 2. The van der Waals surface area contributed by atoms with Crippen LogP contribution in [-0.4, -0.2) is 21.9 Å². The predicted molar refractivity (Wildman–Crippen MR) is 90.1 cm³/mol. The van der Waals surface area contributed by atoms with Crippen molar-refractivity contribution < 1.29 is 4.79 Å². The molecule has 116 valence electrons. The van der Waals surface area contributed by atoms with E-state index in [1.54, 1.807) is 30.7 Å². The first kappa shape index (κ1) is 19.6. The van der Waals surface area contributed by atoms with Crippen LogP contribution in [0.1, 0.15) is 20.3 Å². The van der Waals surface area contributed by atoms with Gasteiger partial charge in [0.05, 0.1) is 17.2 Å². The summed E-state index contributed by atoms with van der Waals surface area (Å²) in [6.45, 7) is 3.99. The van der Waals surface area contributed by atoms with Crippen LogP contribution in [0.25, 0.3) is 10.9 Å². The average molecular weight is 331 g/mol. The molecule has 1 amide bonds. The summed E-state index contributed by atoms with van der Waals surface area (Å²) in [7, 11) is 0. The molecule has 5 nitrogen and oxygen atoms in total. The van der Waals surface area contributed by atoms with Crippen LogP contribution in [0.4, 0.5) is 5.69 Å². The van der Waals surface area contributed by atoms with Crippen molar-refractivity contribution >= 4 is 47.3 Å². The minimum absolute atomic E-state index is 0. The Bertz CT molecular complexity index is 589. The molecule has 0 saturated heterocycles. The van der Waals surface area contributed by atoms with Gasteiger partial charge in [0, 0.05) is 24.0 Å². The molecule has 0 fully saturated rings. The monoisotopic (exact) mass is 330 g/mol. The van der Waals surface area contributed by atoms with Gasteiger partial charge in [-0.25, -0.2) is 0 Å². The number of rotatable bonds is 4. The Morgan fingerprint density at radius 3 is 2.71 bits per heavy atom. The third-order valence-electron chi connectivity index (χ3n) is 3.36. The third-order valence-corrected chi connectivity index (χ3v) is 3.36. The first-order chi connectivity index (χ1) is 9.13. The van der Waals surface area contributed by atoms with E-state index in [4.69, 9.17) is 5.73 Å². The van der Waals surface area contributed by atoms with E-state index in [0.717, 1.165) is 17.3 Å². The number of halogens is 2. The van der Waals surface area contributed by atoms with E-state index >= 15 is 0 Å². The number of nitrogens with one attached hydrogen (secondary N) is 1. The number of hydrogen-bond acceptors (Lipinski definition) is 4. The fraction of sp³-hybridized carbons (Fsp3) is 0.357. The number of anilines is 1. The summed E-state index contributed by atoms with van der Waals surface area (Å²) < 4.78 is 0. The second-order valence-corrected chi connectivity index (χ2v) is 4.65. The summed E-state index contributed by atoms with van der Waals surface area (Å²) in [4.78, 5) is 20.4. The third kappa shape index (κ3) is 4.52. The number of nitrogens with zero attached hydrogens (tertiary/aromatic N) is 2. The van der Waals surface area contributed by atoms with Crippen molar-refractivity contribution in [2.45, 2.75) is 26.3 Å². The summed E-state index contributed by atoms with van der Waals surface area (Å²) >= 11 is 0. The molecular formula is C14H20Cl2N4O. The van der Waals surface area contributed by atoms with E-state index < -0.39 is 6.04 Å². The van der Waals surface area contributed by atoms with Crippen LogP contribution in [-0.2, 0) is 4.79 Å². The molecule has 0 aliphatic rings. The molecule has 0 aliphatic carbocycles. The molecule has 2 atom stereocenters. The van der Waals surface area contributed by atoms with Gasteiger partial charge >= 0.3 is 0 Å². The number of nitrogens with two attached hydrogens (primary N) is 1. The summed E-state index contributed by atoms with van der Waals surface area (Å²) in [6, 6.07) is 3.05. The Balaban J connectivity index is 0.00000200. The summed E-state index contributed by atoms with van der Waals surface area (Å²) in [6.07, 6.45) is 5.89. The minimum atomic E-state index is -0.509. The van der Waals surface area contributed by atoms with Gasteiger partial charge in [0.15, 0.2) is 0 Å². The fourth-order valence-electron chi connectivity index (χ4n) is 1.83. The van der Waals surface area contributed by atoms with Crippen LogP contribution in [0, 0.1) is 5.92 Å². The quantitative estimate of drug-likeness (QED) is 0.903. The molecule has 2 unspecified atom stereocenters. The van der Waals surface area contributed by atoms with E-state index in [9.17, 15) is 4.79 Å². The van der Waals surface area contributed by atoms with Crippen LogP contribution >= 0.6 is 24.8 Å². The summed E-state index contributed by atoms with van der Waals surface area (Å²) in [5.74, 6) is -0.0306. The van der Waals surface area contributed by atoms with Crippen molar-refractivity contribution in [2.75, 3.05) is 5.32 Å². The molecule has 0 bridgehead atoms.